The molecule has 5 nitrogen and oxygen atoms in total. The van der Waals surface area contributed by atoms with Gasteiger partial charge < -0.3 is 9.47 Å². The fourth-order valence-electron chi connectivity index (χ4n) is 3.49. The smallest absolute Gasteiger partial charge is 0.416 e. The lowest BCUT2D eigenvalue weighted by molar-refractivity contribution is -0.135. The standard InChI is InChI=1S/C21H19F2NO4/c1-13(21(12-28-21)17-8-7-15(22)10-18(17)23)19(25)24-16(11-27-20(24)26)9-14-5-3-2-4-6-14/h2-8,10,13,16H,9,11-12H2,1H3/t13-,16+,21-/m0/s1/i1D3. The number of benzene rings is 2. The number of cyclic esters (lactones) is 1. The number of rotatable bonds is 5. The van der Waals surface area contributed by atoms with Gasteiger partial charge in [0, 0.05) is 15.7 Å². The highest BCUT2D eigenvalue weighted by atomic mass is 19.1. The minimum Gasteiger partial charge on any atom is -0.447 e. The molecule has 2 heterocycles. The van der Waals surface area contributed by atoms with E-state index in [1.165, 1.54) is 0 Å². The van der Waals surface area contributed by atoms with Gasteiger partial charge in [-0.15, -0.1) is 0 Å². The van der Waals surface area contributed by atoms with Crippen LogP contribution in [0.25, 0.3) is 0 Å². The van der Waals surface area contributed by atoms with Gasteiger partial charge in [0.1, 0.15) is 23.8 Å². The Morgan fingerprint density at radius 3 is 2.71 bits per heavy atom. The number of nitrogens with zero attached hydrogens (tertiary/aromatic N) is 1. The van der Waals surface area contributed by atoms with Crippen molar-refractivity contribution in [3.63, 3.8) is 0 Å². The number of imide groups is 1. The zero-order valence-corrected chi connectivity index (χ0v) is 14.7. The maximum Gasteiger partial charge on any atom is 0.416 e. The van der Waals surface area contributed by atoms with Crippen LogP contribution < -0.4 is 0 Å². The van der Waals surface area contributed by atoms with Crippen LogP contribution in [0.2, 0.25) is 0 Å². The molecule has 0 bridgehead atoms. The van der Waals surface area contributed by atoms with Crippen molar-refractivity contribution in [2.45, 2.75) is 24.9 Å². The Bertz CT molecular complexity index is 1010. The summed E-state index contributed by atoms with van der Waals surface area (Å²) >= 11 is 0. The van der Waals surface area contributed by atoms with Crippen LogP contribution in [0.3, 0.4) is 0 Å². The van der Waals surface area contributed by atoms with Gasteiger partial charge in [0.25, 0.3) is 0 Å². The summed E-state index contributed by atoms with van der Waals surface area (Å²) in [6.45, 7) is -3.27. The van der Waals surface area contributed by atoms with Crippen molar-refractivity contribution in [2.75, 3.05) is 13.2 Å². The second kappa shape index (κ2) is 6.98. The third-order valence-corrected chi connectivity index (χ3v) is 5.07. The maximum atomic E-state index is 14.5. The van der Waals surface area contributed by atoms with Gasteiger partial charge in [0.2, 0.25) is 5.91 Å². The monoisotopic (exact) mass is 390 g/mol. The van der Waals surface area contributed by atoms with Crippen LogP contribution in [-0.2, 0) is 26.3 Å². The average Bonchev–Trinajstić information content (AvgIpc) is 3.37. The van der Waals surface area contributed by atoms with Crippen molar-refractivity contribution in [2.24, 2.45) is 5.92 Å². The zero-order valence-electron chi connectivity index (χ0n) is 17.7. The second-order valence-corrected chi connectivity index (χ2v) is 6.86. The molecule has 2 aliphatic rings. The van der Waals surface area contributed by atoms with Crippen molar-refractivity contribution in [3.05, 3.63) is 71.3 Å². The molecular formula is C21H19F2NO4. The Balaban J connectivity index is 1.69. The molecule has 28 heavy (non-hydrogen) atoms. The molecule has 2 aliphatic heterocycles. The van der Waals surface area contributed by atoms with Crippen LogP contribution >= 0.6 is 0 Å². The van der Waals surface area contributed by atoms with E-state index in [9.17, 15) is 18.4 Å². The summed E-state index contributed by atoms with van der Waals surface area (Å²) in [6, 6.07) is 10.9. The molecule has 3 atom stereocenters. The third-order valence-electron chi connectivity index (χ3n) is 5.07. The number of hydrogen-bond acceptors (Lipinski definition) is 4. The summed E-state index contributed by atoms with van der Waals surface area (Å²) < 4.78 is 62.1. The summed E-state index contributed by atoms with van der Waals surface area (Å²) in [4.78, 5) is 26.6. The normalized spacial score (nSPS) is 26.8. The van der Waals surface area contributed by atoms with Gasteiger partial charge in [-0.05, 0) is 18.1 Å². The van der Waals surface area contributed by atoms with E-state index < -0.39 is 48.0 Å². The molecule has 0 spiro atoms. The predicted octanol–water partition coefficient (Wildman–Crippen LogP) is 3.42. The summed E-state index contributed by atoms with van der Waals surface area (Å²) in [6.07, 6.45) is -0.694. The highest BCUT2D eigenvalue weighted by molar-refractivity contribution is 5.95. The molecule has 0 saturated carbocycles. The summed E-state index contributed by atoms with van der Waals surface area (Å²) in [5.41, 5.74) is -1.23. The van der Waals surface area contributed by atoms with Crippen molar-refractivity contribution in [1.29, 1.82) is 0 Å². The fourth-order valence-corrected chi connectivity index (χ4v) is 3.49. The molecule has 2 fully saturated rings. The Kier molecular flexibility index (Phi) is 3.78. The Labute approximate surface area is 165 Å². The Morgan fingerprint density at radius 1 is 1.32 bits per heavy atom. The van der Waals surface area contributed by atoms with Crippen LogP contribution in [0, 0.1) is 17.6 Å². The van der Waals surface area contributed by atoms with Crippen LogP contribution in [0.15, 0.2) is 48.5 Å². The quantitative estimate of drug-likeness (QED) is 0.734. The summed E-state index contributed by atoms with van der Waals surface area (Å²) in [5, 5.41) is 0. The molecular weight excluding hydrogens is 368 g/mol. The van der Waals surface area contributed by atoms with Crippen LogP contribution in [-0.4, -0.2) is 36.2 Å². The van der Waals surface area contributed by atoms with Gasteiger partial charge in [0.05, 0.1) is 18.6 Å². The number of halogens is 2. The van der Waals surface area contributed by atoms with Gasteiger partial charge in [0.15, 0.2) is 0 Å². The fraction of sp³-hybridized carbons (Fsp3) is 0.333. The molecule has 2 amide bonds. The molecule has 7 heteroatoms. The first kappa shape index (κ1) is 15.2. The van der Waals surface area contributed by atoms with E-state index in [1.54, 1.807) is 12.1 Å². The number of ether oxygens (including phenoxy) is 2. The molecule has 2 aromatic rings. The SMILES string of the molecule is [2H]C([2H])([2H])[C@@H](C(=O)N1C(=O)OC[C@H]1Cc1ccccc1)[C@]1(c2ccc(F)cc2F)CO1. The van der Waals surface area contributed by atoms with Crippen molar-refractivity contribution >= 4 is 12.0 Å². The predicted molar refractivity (Wildman–Crippen MR) is 95.3 cm³/mol. The minimum atomic E-state index is -2.92. The van der Waals surface area contributed by atoms with Gasteiger partial charge >= 0.3 is 6.09 Å². The minimum absolute atomic E-state index is 0.0913. The average molecular weight is 390 g/mol. The first-order valence-electron chi connectivity index (χ1n) is 10.3. The number of hydrogen-bond donors (Lipinski definition) is 0. The molecule has 0 radical (unpaired) electrons. The van der Waals surface area contributed by atoms with Gasteiger partial charge in [-0.1, -0.05) is 43.3 Å². The van der Waals surface area contributed by atoms with E-state index in [1.807, 2.05) is 18.2 Å². The highest BCUT2D eigenvalue weighted by Gasteiger charge is 2.57. The van der Waals surface area contributed by atoms with Crippen molar-refractivity contribution in [3.8, 4) is 0 Å². The molecule has 146 valence electrons. The Hall–Kier alpha value is -2.80. The van der Waals surface area contributed by atoms with E-state index in [-0.39, 0.29) is 25.2 Å². The molecule has 0 N–H and O–H groups in total. The topological polar surface area (TPSA) is 59.1 Å². The molecule has 0 aliphatic carbocycles. The first-order valence-corrected chi connectivity index (χ1v) is 8.77. The summed E-state index contributed by atoms with van der Waals surface area (Å²) in [5.74, 6) is -4.78. The zero-order chi connectivity index (χ0) is 22.4. The largest absolute Gasteiger partial charge is 0.447 e. The highest BCUT2D eigenvalue weighted by Crippen LogP contribution is 2.47. The maximum absolute atomic E-state index is 14.5. The van der Waals surface area contributed by atoms with E-state index >= 15 is 0 Å². The third kappa shape index (κ3) is 3.16. The van der Waals surface area contributed by atoms with E-state index in [2.05, 4.69) is 0 Å². The molecule has 0 aromatic heterocycles. The number of carbonyl (C=O) groups excluding carboxylic acids is 2. The van der Waals surface area contributed by atoms with Crippen LogP contribution in [0.1, 0.15) is 22.1 Å². The lowest BCUT2D eigenvalue weighted by atomic mass is 9.85. The number of amides is 2. The number of carbonyl (C=O) groups is 2. The number of epoxide rings is 1. The molecule has 0 unspecified atom stereocenters. The van der Waals surface area contributed by atoms with Crippen molar-refractivity contribution < 1.29 is 32.0 Å². The van der Waals surface area contributed by atoms with Gasteiger partial charge in [-0.25, -0.2) is 18.5 Å². The van der Waals surface area contributed by atoms with Crippen molar-refractivity contribution in [1.82, 2.24) is 4.90 Å². The first-order chi connectivity index (χ1) is 14.6. The van der Waals surface area contributed by atoms with E-state index in [0.717, 1.165) is 22.6 Å². The molecule has 4 rings (SSSR count). The second-order valence-electron chi connectivity index (χ2n) is 6.86. The van der Waals surface area contributed by atoms with Gasteiger partial charge in [-0.2, -0.15) is 0 Å². The van der Waals surface area contributed by atoms with Gasteiger partial charge in [-0.3, -0.25) is 4.79 Å². The molecule has 2 saturated heterocycles. The van der Waals surface area contributed by atoms with E-state index in [0.29, 0.717) is 6.07 Å². The summed E-state index contributed by atoms with van der Waals surface area (Å²) in [7, 11) is 0. The van der Waals surface area contributed by atoms with Crippen LogP contribution in [0.5, 0.6) is 0 Å². The van der Waals surface area contributed by atoms with E-state index in [4.69, 9.17) is 13.6 Å². The Morgan fingerprint density at radius 2 is 2.07 bits per heavy atom. The van der Waals surface area contributed by atoms with Crippen LogP contribution in [0.4, 0.5) is 13.6 Å². The lowest BCUT2D eigenvalue weighted by Crippen LogP contribution is -2.46. The lowest BCUT2D eigenvalue weighted by Gasteiger charge is -2.26. The molecule has 2 aromatic carbocycles.